The number of amides is 1. The van der Waals surface area contributed by atoms with Gasteiger partial charge in [0.2, 0.25) is 10.0 Å². The van der Waals surface area contributed by atoms with Crippen LogP contribution in [0.5, 0.6) is 5.75 Å². The third-order valence-corrected chi connectivity index (χ3v) is 6.98. The molecule has 3 rings (SSSR count). The number of carbonyl (C=O) groups excluding carboxylic acids is 1. The maximum atomic E-state index is 12.8. The molecule has 2 aromatic carbocycles. The van der Waals surface area contributed by atoms with Gasteiger partial charge in [0.25, 0.3) is 5.91 Å². The van der Waals surface area contributed by atoms with Crippen LogP contribution < -0.4 is 4.74 Å². The third kappa shape index (κ3) is 4.95. The van der Waals surface area contributed by atoms with Gasteiger partial charge in [-0.3, -0.25) is 4.79 Å². The zero-order valence-corrected chi connectivity index (χ0v) is 17.9. The lowest BCUT2D eigenvalue weighted by molar-refractivity contribution is 0.0664. The van der Waals surface area contributed by atoms with E-state index in [4.69, 9.17) is 4.74 Å². The van der Waals surface area contributed by atoms with Crippen LogP contribution in [0.4, 0.5) is 0 Å². The second-order valence-corrected chi connectivity index (χ2v) is 9.27. The molecule has 0 radical (unpaired) electrons. The molecule has 0 unspecified atom stereocenters. The van der Waals surface area contributed by atoms with Gasteiger partial charge in [-0.2, -0.15) is 4.31 Å². The van der Waals surface area contributed by atoms with Crippen LogP contribution in [0.3, 0.4) is 0 Å². The number of hydrogen-bond donors (Lipinski definition) is 0. The van der Waals surface area contributed by atoms with Gasteiger partial charge in [0.05, 0.1) is 12.0 Å². The molecule has 0 spiro atoms. The van der Waals surface area contributed by atoms with Crippen LogP contribution in [0.15, 0.2) is 53.4 Å². The van der Waals surface area contributed by atoms with E-state index in [0.717, 1.165) is 31.7 Å². The summed E-state index contributed by atoms with van der Waals surface area (Å²) in [7, 11) is 1.52. The fourth-order valence-corrected chi connectivity index (χ4v) is 4.37. The van der Waals surface area contributed by atoms with E-state index < -0.39 is 10.0 Å². The first-order valence-electron chi connectivity index (χ1n) is 9.48. The van der Waals surface area contributed by atoms with Gasteiger partial charge < -0.3 is 14.5 Å². The van der Waals surface area contributed by atoms with Gasteiger partial charge in [0.15, 0.2) is 0 Å². The van der Waals surface area contributed by atoms with E-state index in [-0.39, 0.29) is 17.3 Å². The first-order valence-corrected chi connectivity index (χ1v) is 10.9. The van der Waals surface area contributed by atoms with Crippen molar-refractivity contribution in [2.24, 2.45) is 0 Å². The number of benzene rings is 2. The van der Waals surface area contributed by atoms with E-state index in [1.54, 1.807) is 31.3 Å². The number of likely N-dealkylation sites (N-methyl/N-ethyl adjacent to an activating group) is 1. The predicted molar refractivity (Wildman–Crippen MR) is 111 cm³/mol. The largest absolute Gasteiger partial charge is 0.497 e. The summed E-state index contributed by atoms with van der Waals surface area (Å²) in [4.78, 5) is 16.9. The summed E-state index contributed by atoms with van der Waals surface area (Å²) in [6.07, 6.45) is 0. The van der Waals surface area contributed by atoms with Gasteiger partial charge in [-0.25, -0.2) is 8.42 Å². The molecule has 0 aliphatic carbocycles. The van der Waals surface area contributed by atoms with E-state index in [9.17, 15) is 13.2 Å². The van der Waals surface area contributed by atoms with E-state index in [0.29, 0.717) is 11.3 Å². The second-order valence-electron chi connectivity index (χ2n) is 7.23. The average molecular weight is 418 g/mol. The zero-order valence-electron chi connectivity index (χ0n) is 17.0. The zero-order chi connectivity index (χ0) is 21.0. The minimum absolute atomic E-state index is 0.0175. The predicted octanol–water partition coefficient (Wildman–Crippen LogP) is 1.90. The molecule has 1 aliphatic heterocycles. The lowest BCUT2D eigenvalue weighted by Crippen LogP contribution is -2.47. The molecule has 7 nitrogen and oxygen atoms in total. The lowest BCUT2D eigenvalue weighted by Gasteiger charge is -2.32. The van der Waals surface area contributed by atoms with Crippen molar-refractivity contribution in [2.75, 3.05) is 47.4 Å². The molecule has 29 heavy (non-hydrogen) atoms. The number of ether oxygens (including phenoxy) is 1. The van der Waals surface area contributed by atoms with Crippen molar-refractivity contribution in [3.8, 4) is 5.75 Å². The van der Waals surface area contributed by atoms with Crippen LogP contribution in [0.1, 0.15) is 15.9 Å². The van der Waals surface area contributed by atoms with Crippen molar-refractivity contribution in [1.29, 1.82) is 0 Å². The Balaban J connectivity index is 1.66. The Labute approximate surface area is 172 Å². The van der Waals surface area contributed by atoms with E-state index in [1.807, 2.05) is 24.1 Å². The van der Waals surface area contributed by atoms with Crippen molar-refractivity contribution < 1.29 is 17.9 Å². The summed E-state index contributed by atoms with van der Waals surface area (Å²) >= 11 is 0. The number of sulfonamides is 1. The molecule has 8 heteroatoms. The summed E-state index contributed by atoms with van der Waals surface area (Å²) in [5.74, 6) is 0.621. The van der Waals surface area contributed by atoms with Gasteiger partial charge in [0, 0.05) is 45.3 Å². The molecule has 0 N–H and O–H groups in total. The highest BCUT2D eigenvalue weighted by Gasteiger charge is 2.22. The number of methoxy groups -OCH3 is 1. The highest BCUT2D eigenvalue weighted by Crippen LogP contribution is 2.20. The topological polar surface area (TPSA) is 70.2 Å². The summed E-state index contributed by atoms with van der Waals surface area (Å²) < 4.78 is 31.9. The molecule has 1 amide bonds. The van der Waals surface area contributed by atoms with Crippen molar-refractivity contribution in [3.05, 3.63) is 59.7 Å². The van der Waals surface area contributed by atoms with Crippen molar-refractivity contribution in [2.45, 2.75) is 11.4 Å². The molecule has 0 aromatic heterocycles. The molecule has 1 aliphatic rings. The van der Waals surface area contributed by atoms with Gasteiger partial charge in [-0.15, -0.1) is 0 Å². The normalized spacial score (nSPS) is 15.5. The smallest absolute Gasteiger partial charge is 0.253 e. The lowest BCUT2D eigenvalue weighted by atomic mass is 10.1. The minimum Gasteiger partial charge on any atom is -0.497 e. The molecule has 0 bridgehead atoms. The van der Waals surface area contributed by atoms with E-state index in [2.05, 4.69) is 4.90 Å². The van der Waals surface area contributed by atoms with Crippen LogP contribution in [-0.4, -0.2) is 75.8 Å². The standard InChI is InChI=1S/C21H27N3O4S/c1-22-12-14-24(15-13-22)21(25)18-6-4-17(5-7-18)16-23(2)29(26,27)20-10-8-19(28-3)9-11-20/h4-11H,12-16H2,1-3H3. The maximum absolute atomic E-state index is 12.8. The molecule has 1 fully saturated rings. The highest BCUT2D eigenvalue weighted by molar-refractivity contribution is 7.89. The molecular weight excluding hydrogens is 390 g/mol. The summed E-state index contributed by atoms with van der Waals surface area (Å²) in [6.45, 7) is 3.41. The van der Waals surface area contributed by atoms with Crippen LogP contribution in [0, 0.1) is 0 Å². The molecular formula is C21H27N3O4S. The maximum Gasteiger partial charge on any atom is 0.253 e. The van der Waals surface area contributed by atoms with Gasteiger partial charge in [-0.1, -0.05) is 12.1 Å². The highest BCUT2D eigenvalue weighted by atomic mass is 32.2. The van der Waals surface area contributed by atoms with Crippen LogP contribution in [0.25, 0.3) is 0 Å². The molecule has 1 heterocycles. The SMILES string of the molecule is COc1ccc(S(=O)(=O)N(C)Cc2ccc(C(=O)N3CCN(C)CC3)cc2)cc1. The Hall–Kier alpha value is -2.42. The molecule has 0 saturated carbocycles. The summed E-state index contributed by atoms with van der Waals surface area (Å²) in [5, 5.41) is 0. The van der Waals surface area contributed by atoms with Crippen LogP contribution in [-0.2, 0) is 16.6 Å². The number of hydrogen-bond acceptors (Lipinski definition) is 5. The minimum atomic E-state index is -3.61. The summed E-state index contributed by atoms with van der Waals surface area (Å²) in [5.41, 5.74) is 1.44. The van der Waals surface area contributed by atoms with Crippen molar-refractivity contribution in [3.63, 3.8) is 0 Å². The summed E-state index contributed by atoms with van der Waals surface area (Å²) in [6, 6.07) is 13.5. The third-order valence-electron chi connectivity index (χ3n) is 5.16. The molecule has 156 valence electrons. The number of piperazine rings is 1. The van der Waals surface area contributed by atoms with Gasteiger partial charge in [0.1, 0.15) is 5.75 Å². The van der Waals surface area contributed by atoms with Gasteiger partial charge >= 0.3 is 0 Å². The fourth-order valence-electron chi connectivity index (χ4n) is 3.21. The quantitative estimate of drug-likeness (QED) is 0.718. The number of rotatable bonds is 6. The van der Waals surface area contributed by atoms with Crippen molar-refractivity contribution >= 4 is 15.9 Å². The number of carbonyl (C=O) groups is 1. The fraction of sp³-hybridized carbons (Fsp3) is 0.381. The Bertz CT molecular complexity index is 935. The number of nitrogens with zero attached hydrogens (tertiary/aromatic N) is 3. The Kier molecular flexibility index (Phi) is 6.56. The molecule has 2 aromatic rings. The first-order chi connectivity index (χ1) is 13.8. The van der Waals surface area contributed by atoms with Crippen LogP contribution in [0.2, 0.25) is 0 Å². The molecule has 0 atom stereocenters. The Morgan fingerprint density at radius 3 is 2.14 bits per heavy atom. The second kappa shape index (κ2) is 8.94. The Morgan fingerprint density at radius 1 is 1.00 bits per heavy atom. The first kappa shape index (κ1) is 21.3. The van der Waals surface area contributed by atoms with Gasteiger partial charge in [-0.05, 0) is 49.0 Å². The Morgan fingerprint density at radius 2 is 1.59 bits per heavy atom. The van der Waals surface area contributed by atoms with E-state index >= 15 is 0 Å². The average Bonchev–Trinajstić information content (AvgIpc) is 2.74. The molecule has 1 saturated heterocycles. The van der Waals surface area contributed by atoms with E-state index in [1.165, 1.54) is 23.5 Å². The van der Waals surface area contributed by atoms with Crippen molar-refractivity contribution in [1.82, 2.24) is 14.1 Å². The monoisotopic (exact) mass is 417 g/mol. The van der Waals surface area contributed by atoms with Crippen LogP contribution >= 0.6 is 0 Å².